The number of anilines is 1. The zero-order chi connectivity index (χ0) is 23.7. The number of fused-ring (bicyclic) bond motifs is 1. The molecule has 5 rings (SSSR count). The van der Waals surface area contributed by atoms with E-state index in [0.717, 1.165) is 5.56 Å². The molecule has 0 saturated carbocycles. The van der Waals surface area contributed by atoms with E-state index < -0.39 is 12.2 Å². The number of aryl methyl sites for hydroxylation is 1. The van der Waals surface area contributed by atoms with Crippen LogP contribution in [0, 0.1) is 6.92 Å². The Labute approximate surface area is 199 Å². The number of aromatic nitrogens is 6. The molecule has 1 aliphatic rings. The molecular formula is C22H21ClN8O3. The number of ether oxygens (including phenoxy) is 1. The van der Waals surface area contributed by atoms with Gasteiger partial charge in [-0.05, 0) is 30.7 Å². The first-order chi connectivity index (χ1) is 16.5. The Morgan fingerprint density at radius 2 is 2.09 bits per heavy atom. The van der Waals surface area contributed by atoms with E-state index >= 15 is 0 Å². The summed E-state index contributed by atoms with van der Waals surface area (Å²) in [6.45, 7) is 3.11. The molecule has 0 radical (unpaired) electrons. The van der Waals surface area contributed by atoms with Gasteiger partial charge in [0.15, 0.2) is 17.6 Å². The van der Waals surface area contributed by atoms with Crippen LogP contribution in [-0.4, -0.2) is 77.5 Å². The highest BCUT2D eigenvalue weighted by Crippen LogP contribution is 2.26. The maximum atomic E-state index is 13.1. The fraction of sp³-hybridized carbons (Fsp3) is 0.273. The zero-order valence-corrected chi connectivity index (χ0v) is 18.9. The van der Waals surface area contributed by atoms with Crippen molar-refractivity contribution in [2.24, 2.45) is 0 Å². The molecule has 1 unspecified atom stereocenters. The molecule has 174 valence electrons. The smallest absolute Gasteiger partial charge is 0.268 e. The summed E-state index contributed by atoms with van der Waals surface area (Å²) in [5.41, 5.74) is 1.41. The largest absolute Gasteiger partial charge is 0.462 e. The van der Waals surface area contributed by atoms with Gasteiger partial charge in [0.05, 0.1) is 17.3 Å². The van der Waals surface area contributed by atoms with Crippen molar-refractivity contribution in [1.82, 2.24) is 34.6 Å². The number of likely N-dealkylation sites (tertiary alicyclic amines) is 1. The average molecular weight is 481 g/mol. The molecule has 1 aliphatic heterocycles. The molecule has 34 heavy (non-hydrogen) atoms. The Morgan fingerprint density at radius 3 is 2.82 bits per heavy atom. The quantitative estimate of drug-likeness (QED) is 0.405. The Kier molecular flexibility index (Phi) is 6.05. The molecule has 0 bridgehead atoms. The second-order valence-electron chi connectivity index (χ2n) is 7.97. The molecule has 0 spiro atoms. The van der Waals surface area contributed by atoms with Crippen molar-refractivity contribution in [3.63, 3.8) is 0 Å². The number of nitrogens with one attached hydrogen (secondary N) is 1. The lowest BCUT2D eigenvalue weighted by molar-refractivity contribution is -0.125. The summed E-state index contributed by atoms with van der Waals surface area (Å²) in [6.07, 6.45) is 4.82. The lowest BCUT2D eigenvalue weighted by Gasteiger charge is -2.37. The van der Waals surface area contributed by atoms with Gasteiger partial charge in [0.2, 0.25) is 5.88 Å². The Morgan fingerprint density at radius 1 is 1.24 bits per heavy atom. The Bertz CT molecular complexity index is 1320. The number of hydrogen-bond donors (Lipinski definition) is 2. The summed E-state index contributed by atoms with van der Waals surface area (Å²) >= 11 is 6.28. The van der Waals surface area contributed by atoms with Crippen LogP contribution in [0.2, 0.25) is 5.02 Å². The fourth-order valence-electron chi connectivity index (χ4n) is 3.59. The van der Waals surface area contributed by atoms with E-state index in [1.165, 1.54) is 11.0 Å². The SMILES string of the molecule is Cc1ccc(NC(=O)C(CN2CC(O)C2)Oc2ncnc3c2cnn3-c2ncccc2Cl)nc1. The lowest BCUT2D eigenvalue weighted by Crippen LogP contribution is -2.55. The van der Waals surface area contributed by atoms with Crippen LogP contribution in [-0.2, 0) is 4.79 Å². The lowest BCUT2D eigenvalue weighted by atomic mass is 10.1. The van der Waals surface area contributed by atoms with Gasteiger partial charge in [-0.3, -0.25) is 9.69 Å². The molecule has 0 aromatic carbocycles. The third kappa shape index (κ3) is 4.53. The predicted molar refractivity (Wildman–Crippen MR) is 124 cm³/mol. The van der Waals surface area contributed by atoms with Crippen LogP contribution in [0.3, 0.4) is 0 Å². The molecule has 4 aromatic heterocycles. The summed E-state index contributed by atoms with van der Waals surface area (Å²) in [4.78, 5) is 32.1. The Balaban J connectivity index is 1.43. The van der Waals surface area contributed by atoms with E-state index in [4.69, 9.17) is 16.3 Å². The van der Waals surface area contributed by atoms with Gasteiger partial charge < -0.3 is 15.2 Å². The van der Waals surface area contributed by atoms with Gasteiger partial charge in [-0.25, -0.2) is 19.9 Å². The predicted octanol–water partition coefficient (Wildman–Crippen LogP) is 1.63. The number of aliphatic hydroxyl groups excluding tert-OH is 1. The first-order valence-electron chi connectivity index (χ1n) is 10.6. The van der Waals surface area contributed by atoms with Crippen LogP contribution in [0.25, 0.3) is 16.9 Å². The maximum absolute atomic E-state index is 13.1. The van der Waals surface area contributed by atoms with Gasteiger partial charge in [-0.15, -0.1) is 0 Å². The van der Waals surface area contributed by atoms with Crippen molar-refractivity contribution in [3.8, 4) is 11.7 Å². The highest BCUT2D eigenvalue weighted by molar-refractivity contribution is 6.32. The standard InChI is InChI=1S/C22H21ClN8O3/c1-13-4-5-18(25-7-13)29-21(33)17(11-30-9-14(32)10-30)34-22-15-8-28-31(19(15)26-12-27-22)20-16(23)3-2-6-24-20/h2-8,12,14,17,32H,9-11H2,1H3,(H,25,29,33). The average Bonchev–Trinajstić information content (AvgIpc) is 3.24. The van der Waals surface area contributed by atoms with E-state index in [0.29, 0.717) is 40.8 Å². The van der Waals surface area contributed by atoms with Crippen molar-refractivity contribution >= 4 is 34.4 Å². The number of β-amino-alcohol motifs (C(OH)–C–C–N with tert-alkyl or cyclic N) is 1. The molecule has 1 fully saturated rings. The second kappa shape index (κ2) is 9.29. The minimum absolute atomic E-state index is 0.196. The second-order valence-corrected chi connectivity index (χ2v) is 8.38. The van der Waals surface area contributed by atoms with Gasteiger partial charge in [-0.1, -0.05) is 17.7 Å². The van der Waals surface area contributed by atoms with Crippen molar-refractivity contribution in [3.05, 3.63) is 59.8 Å². The fourth-order valence-corrected chi connectivity index (χ4v) is 3.79. The normalized spacial score (nSPS) is 15.1. The van der Waals surface area contributed by atoms with Gasteiger partial charge in [-0.2, -0.15) is 9.78 Å². The van der Waals surface area contributed by atoms with Gasteiger partial charge >= 0.3 is 0 Å². The van der Waals surface area contributed by atoms with Gasteiger partial charge in [0, 0.05) is 32.0 Å². The van der Waals surface area contributed by atoms with Crippen LogP contribution < -0.4 is 10.1 Å². The summed E-state index contributed by atoms with van der Waals surface area (Å²) in [6, 6.07) is 7.01. The molecule has 1 saturated heterocycles. The highest BCUT2D eigenvalue weighted by Gasteiger charge is 2.32. The van der Waals surface area contributed by atoms with Crippen LogP contribution >= 0.6 is 11.6 Å². The number of aliphatic hydroxyl groups is 1. The third-order valence-corrected chi connectivity index (χ3v) is 5.63. The molecule has 1 amide bonds. The number of hydrogen-bond acceptors (Lipinski definition) is 9. The molecule has 0 aliphatic carbocycles. The number of rotatable bonds is 7. The first kappa shape index (κ1) is 22.1. The molecule has 1 atom stereocenters. The van der Waals surface area contributed by atoms with E-state index in [1.54, 1.807) is 36.8 Å². The highest BCUT2D eigenvalue weighted by atomic mass is 35.5. The topological polar surface area (TPSA) is 131 Å². The summed E-state index contributed by atoms with van der Waals surface area (Å²) in [7, 11) is 0. The van der Waals surface area contributed by atoms with Crippen molar-refractivity contribution in [2.75, 3.05) is 25.0 Å². The molecular weight excluding hydrogens is 460 g/mol. The summed E-state index contributed by atoms with van der Waals surface area (Å²) in [5, 5.41) is 17.7. The maximum Gasteiger partial charge on any atom is 0.268 e. The van der Waals surface area contributed by atoms with Gasteiger partial charge in [0.25, 0.3) is 5.91 Å². The van der Waals surface area contributed by atoms with E-state index in [-0.39, 0.29) is 18.3 Å². The van der Waals surface area contributed by atoms with Crippen molar-refractivity contribution < 1.29 is 14.6 Å². The molecule has 2 N–H and O–H groups in total. The molecule has 11 nitrogen and oxygen atoms in total. The van der Waals surface area contributed by atoms with Crippen molar-refractivity contribution in [1.29, 1.82) is 0 Å². The first-order valence-corrected chi connectivity index (χ1v) is 11.0. The summed E-state index contributed by atoms with van der Waals surface area (Å²) < 4.78 is 7.57. The van der Waals surface area contributed by atoms with Crippen molar-refractivity contribution in [2.45, 2.75) is 19.1 Å². The van der Waals surface area contributed by atoms with E-state index in [9.17, 15) is 9.90 Å². The number of carbonyl (C=O) groups is 1. The van der Waals surface area contributed by atoms with E-state index in [1.807, 2.05) is 17.9 Å². The van der Waals surface area contributed by atoms with E-state index in [2.05, 4.69) is 30.4 Å². The third-order valence-electron chi connectivity index (χ3n) is 5.34. The summed E-state index contributed by atoms with van der Waals surface area (Å²) in [5.74, 6) is 0.641. The zero-order valence-electron chi connectivity index (χ0n) is 18.2. The van der Waals surface area contributed by atoms with Crippen LogP contribution in [0.4, 0.5) is 5.82 Å². The van der Waals surface area contributed by atoms with Crippen LogP contribution in [0.5, 0.6) is 5.88 Å². The minimum atomic E-state index is -0.921. The van der Waals surface area contributed by atoms with Crippen LogP contribution in [0.1, 0.15) is 5.56 Å². The number of amides is 1. The van der Waals surface area contributed by atoms with Crippen LogP contribution in [0.15, 0.2) is 49.2 Å². The monoisotopic (exact) mass is 480 g/mol. The van der Waals surface area contributed by atoms with Gasteiger partial charge in [0.1, 0.15) is 17.5 Å². The number of nitrogens with zero attached hydrogens (tertiary/aromatic N) is 7. The number of carbonyl (C=O) groups excluding carboxylic acids is 1. The number of halogens is 1. The number of pyridine rings is 2. The minimum Gasteiger partial charge on any atom is -0.462 e. The molecule has 5 heterocycles. The molecule has 12 heteroatoms. The Hall–Kier alpha value is -3.67. The molecule has 4 aromatic rings.